The number of carboxylic acids is 1. The van der Waals surface area contributed by atoms with Crippen molar-refractivity contribution in [2.24, 2.45) is 11.8 Å². The van der Waals surface area contributed by atoms with E-state index in [9.17, 15) is 4.79 Å². The van der Waals surface area contributed by atoms with Gasteiger partial charge in [0, 0.05) is 6.08 Å². The molecule has 0 aromatic heterocycles. The molecule has 2 atom stereocenters. The molecule has 0 aliphatic heterocycles. The summed E-state index contributed by atoms with van der Waals surface area (Å²) >= 11 is 0. The van der Waals surface area contributed by atoms with E-state index in [1.165, 1.54) is 6.08 Å². The number of hydrogen-bond acceptors (Lipinski definition) is 1. The van der Waals surface area contributed by atoms with E-state index in [0.717, 1.165) is 12.8 Å². The minimum absolute atomic E-state index is 0.371. The zero-order valence-electron chi connectivity index (χ0n) is 8.08. The van der Waals surface area contributed by atoms with Crippen molar-refractivity contribution >= 4 is 5.97 Å². The summed E-state index contributed by atoms with van der Waals surface area (Å²) in [7, 11) is 0. The monoisotopic (exact) mass is 170 g/mol. The van der Waals surface area contributed by atoms with Crippen LogP contribution in [-0.4, -0.2) is 11.1 Å². The molecule has 0 amide bonds. The second-order valence-electron chi connectivity index (χ2n) is 3.42. The lowest BCUT2D eigenvalue weighted by molar-refractivity contribution is -0.131. The van der Waals surface area contributed by atoms with E-state index in [2.05, 4.69) is 13.8 Å². The second-order valence-corrected chi connectivity index (χ2v) is 3.42. The minimum atomic E-state index is -0.856. The van der Waals surface area contributed by atoms with Crippen LogP contribution in [0.1, 0.15) is 33.6 Å². The van der Waals surface area contributed by atoms with Gasteiger partial charge >= 0.3 is 5.97 Å². The molecule has 0 aromatic rings. The fourth-order valence-corrected chi connectivity index (χ4v) is 1.13. The van der Waals surface area contributed by atoms with Gasteiger partial charge in [-0.25, -0.2) is 4.79 Å². The Labute approximate surface area is 74.3 Å². The lowest BCUT2D eigenvalue weighted by Gasteiger charge is -2.11. The molecule has 1 unspecified atom stereocenters. The van der Waals surface area contributed by atoms with Gasteiger partial charge in [0.25, 0.3) is 0 Å². The van der Waals surface area contributed by atoms with Gasteiger partial charge in [0.15, 0.2) is 0 Å². The molecule has 2 nitrogen and oxygen atoms in total. The number of carboxylic acid groups (broad SMARTS) is 1. The Morgan fingerprint density at radius 2 is 2.08 bits per heavy atom. The van der Waals surface area contributed by atoms with Crippen LogP contribution < -0.4 is 0 Å². The molecule has 0 fully saturated rings. The first-order chi connectivity index (χ1) is 5.56. The van der Waals surface area contributed by atoms with Crippen molar-refractivity contribution in [3.8, 4) is 0 Å². The highest BCUT2D eigenvalue weighted by molar-refractivity contribution is 5.79. The van der Waals surface area contributed by atoms with Gasteiger partial charge in [-0.05, 0) is 18.3 Å². The first kappa shape index (κ1) is 11.2. The summed E-state index contributed by atoms with van der Waals surface area (Å²) in [4.78, 5) is 10.2. The van der Waals surface area contributed by atoms with Crippen molar-refractivity contribution in [3.63, 3.8) is 0 Å². The molecular formula is C10H18O2. The van der Waals surface area contributed by atoms with Crippen LogP contribution in [0.2, 0.25) is 0 Å². The highest BCUT2D eigenvalue weighted by Gasteiger charge is 2.03. The third-order valence-electron chi connectivity index (χ3n) is 2.04. The van der Waals surface area contributed by atoms with E-state index in [4.69, 9.17) is 5.11 Å². The molecule has 0 saturated carbocycles. The van der Waals surface area contributed by atoms with Crippen LogP contribution in [0, 0.1) is 11.8 Å². The SMILES string of the molecule is CC[C@H](C)CC(C)/C=C/C(=O)O. The summed E-state index contributed by atoms with van der Waals surface area (Å²) in [5.74, 6) is 0.195. The van der Waals surface area contributed by atoms with Crippen molar-refractivity contribution in [1.82, 2.24) is 0 Å². The van der Waals surface area contributed by atoms with E-state index in [-0.39, 0.29) is 0 Å². The Bertz CT molecular complexity index is 161. The van der Waals surface area contributed by atoms with Crippen molar-refractivity contribution in [2.75, 3.05) is 0 Å². The van der Waals surface area contributed by atoms with Crippen LogP contribution in [0.15, 0.2) is 12.2 Å². The summed E-state index contributed by atoms with van der Waals surface area (Å²) in [6, 6.07) is 0. The molecule has 0 rings (SSSR count). The Morgan fingerprint density at radius 1 is 1.50 bits per heavy atom. The van der Waals surface area contributed by atoms with Crippen LogP contribution in [-0.2, 0) is 4.79 Å². The molecule has 2 heteroatoms. The first-order valence-corrected chi connectivity index (χ1v) is 4.47. The smallest absolute Gasteiger partial charge is 0.327 e. The van der Waals surface area contributed by atoms with Crippen LogP contribution in [0.5, 0.6) is 0 Å². The van der Waals surface area contributed by atoms with Crippen molar-refractivity contribution in [3.05, 3.63) is 12.2 Å². The topological polar surface area (TPSA) is 37.3 Å². The largest absolute Gasteiger partial charge is 0.478 e. The third kappa shape index (κ3) is 5.96. The molecule has 0 aliphatic carbocycles. The molecule has 0 aliphatic rings. The van der Waals surface area contributed by atoms with Gasteiger partial charge in [0.1, 0.15) is 0 Å². The fraction of sp³-hybridized carbons (Fsp3) is 0.700. The second kappa shape index (κ2) is 5.81. The van der Waals surface area contributed by atoms with Gasteiger partial charge in [-0.1, -0.05) is 33.3 Å². The van der Waals surface area contributed by atoms with Crippen LogP contribution >= 0.6 is 0 Å². The van der Waals surface area contributed by atoms with Gasteiger partial charge in [-0.3, -0.25) is 0 Å². The normalized spacial score (nSPS) is 16.2. The van der Waals surface area contributed by atoms with Gasteiger partial charge in [0.2, 0.25) is 0 Å². The summed E-state index contributed by atoms with van der Waals surface area (Å²) < 4.78 is 0. The summed E-state index contributed by atoms with van der Waals surface area (Å²) in [5, 5.41) is 8.37. The standard InChI is InChI=1S/C10H18O2/c1-4-8(2)7-9(3)5-6-10(11)12/h5-6,8-9H,4,7H2,1-3H3,(H,11,12)/b6-5+/t8-,9?/m0/s1. The quantitative estimate of drug-likeness (QED) is 0.644. The Hall–Kier alpha value is -0.790. The average Bonchev–Trinajstić information content (AvgIpc) is 2.00. The molecule has 70 valence electrons. The van der Waals surface area contributed by atoms with E-state index >= 15 is 0 Å². The summed E-state index contributed by atoms with van der Waals surface area (Å²) in [5.41, 5.74) is 0. The first-order valence-electron chi connectivity index (χ1n) is 4.47. The molecule has 0 spiro atoms. The van der Waals surface area contributed by atoms with Crippen molar-refractivity contribution in [2.45, 2.75) is 33.6 Å². The lowest BCUT2D eigenvalue weighted by atomic mass is 9.95. The molecule has 0 bridgehead atoms. The van der Waals surface area contributed by atoms with Gasteiger partial charge < -0.3 is 5.11 Å². The maximum absolute atomic E-state index is 10.2. The third-order valence-corrected chi connectivity index (χ3v) is 2.04. The van der Waals surface area contributed by atoms with Crippen LogP contribution in [0.3, 0.4) is 0 Å². The Balaban J connectivity index is 3.72. The number of allylic oxidation sites excluding steroid dienone is 1. The Morgan fingerprint density at radius 3 is 2.50 bits per heavy atom. The predicted octanol–water partition coefficient (Wildman–Crippen LogP) is 2.70. The summed E-state index contributed by atoms with van der Waals surface area (Å²) in [6.45, 7) is 6.38. The minimum Gasteiger partial charge on any atom is -0.478 e. The van der Waals surface area contributed by atoms with Crippen LogP contribution in [0.4, 0.5) is 0 Å². The lowest BCUT2D eigenvalue weighted by Crippen LogP contribution is -2.00. The van der Waals surface area contributed by atoms with Crippen molar-refractivity contribution in [1.29, 1.82) is 0 Å². The maximum atomic E-state index is 10.2. The molecule has 0 aromatic carbocycles. The molecular weight excluding hydrogens is 152 g/mol. The number of hydrogen-bond donors (Lipinski definition) is 1. The zero-order valence-corrected chi connectivity index (χ0v) is 8.08. The predicted molar refractivity (Wildman–Crippen MR) is 50.0 cm³/mol. The average molecular weight is 170 g/mol. The van der Waals surface area contributed by atoms with E-state index in [1.807, 2.05) is 6.92 Å². The number of carbonyl (C=O) groups is 1. The zero-order chi connectivity index (χ0) is 9.56. The van der Waals surface area contributed by atoms with Crippen LogP contribution in [0.25, 0.3) is 0 Å². The molecule has 0 saturated heterocycles. The fourth-order valence-electron chi connectivity index (χ4n) is 1.13. The van der Waals surface area contributed by atoms with E-state index in [1.54, 1.807) is 6.08 Å². The molecule has 1 N–H and O–H groups in total. The molecule has 12 heavy (non-hydrogen) atoms. The number of rotatable bonds is 5. The maximum Gasteiger partial charge on any atom is 0.327 e. The van der Waals surface area contributed by atoms with E-state index < -0.39 is 5.97 Å². The van der Waals surface area contributed by atoms with Crippen molar-refractivity contribution < 1.29 is 9.90 Å². The molecule has 0 radical (unpaired) electrons. The van der Waals surface area contributed by atoms with Gasteiger partial charge in [-0.15, -0.1) is 0 Å². The highest BCUT2D eigenvalue weighted by Crippen LogP contribution is 2.15. The van der Waals surface area contributed by atoms with Gasteiger partial charge in [-0.2, -0.15) is 0 Å². The Kier molecular flexibility index (Phi) is 5.43. The summed E-state index contributed by atoms with van der Waals surface area (Å²) in [6.07, 6.45) is 5.22. The van der Waals surface area contributed by atoms with Gasteiger partial charge in [0.05, 0.1) is 0 Å². The number of aliphatic carboxylic acids is 1. The highest BCUT2D eigenvalue weighted by atomic mass is 16.4. The molecule has 0 heterocycles. The van der Waals surface area contributed by atoms with E-state index in [0.29, 0.717) is 11.8 Å².